The van der Waals surface area contributed by atoms with Crippen molar-refractivity contribution in [3.63, 3.8) is 0 Å². The largest absolute Gasteiger partial charge is 0.497 e. The van der Waals surface area contributed by atoms with E-state index in [9.17, 15) is 9.59 Å². The number of rotatable bonds is 5. The number of amides is 2. The molecule has 0 spiro atoms. The lowest BCUT2D eigenvalue weighted by molar-refractivity contribution is -0.123. The highest BCUT2D eigenvalue weighted by atomic mass is 16.5. The Morgan fingerprint density at radius 1 is 1.27 bits per heavy atom. The zero-order chi connectivity index (χ0) is 16.2. The van der Waals surface area contributed by atoms with Crippen LogP contribution in [0, 0.1) is 0 Å². The number of benzene rings is 1. The van der Waals surface area contributed by atoms with Gasteiger partial charge in [0, 0.05) is 20.0 Å². The van der Waals surface area contributed by atoms with E-state index in [1.807, 2.05) is 29.2 Å². The maximum absolute atomic E-state index is 11.6. The normalized spacial score (nSPS) is 17.7. The highest BCUT2D eigenvalue weighted by Crippen LogP contribution is 2.33. The average Bonchev–Trinajstić information content (AvgIpc) is 2.48. The Morgan fingerprint density at radius 2 is 1.86 bits per heavy atom. The highest BCUT2D eigenvalue weighted by Gasteiger charge is 2.37. The molecule has 6 nitrogen and oxygen atoms in total. The molecule has 22 heavy (non-hydrogen) atoms. The smallest absolute Gasteiger partial charge is 0.231 e. The third-order valence-corrected chi connectivity index (χ3v) is 4.15. The van der Waals surface area contributed by atoms with Crippen molar-refractivity contribution >= 4 is 11.8 Å². The summed E-state index contributed by atoms with van der Waals surface area (Å²) in [7, 11) is 1.63. The Hall–Kier alpha value is -2.08. The molecule has 120 valence electrons. The molecule has 6 heteroatoms. The van der Waals surface area contributed by atoms with Gasteiger partial charge < -0.3 is 15.8 Å². The topological polar surface area (TPSA) is 84.7 Å². The van der Waals surface area contributed by atoms with Crippen LogP contribution in [-0.4, -0.2) is 43.5 Å². The van der Waals surface area contributed by atoms with Crippen LogP contribution in [0.5, 0.6) is 5.75 Å². The maximum atomic E-state index is 11.6. The second kappa shape index (κ2) is 6.79. The Morgan fingerprint density at radius 3 is 2.32 bits per heavy atom. The van der Waals surface area contributed by atoms with Crippen molar-refractivity contribution in [3.8, 4) is 5.75 Å². The second-order valence-corrected chi connectivity index (χ2v) is 5.73. The van der Waals surface area contributed by atoms with Gasteiger partial charge in [0.2, 0.25) is 11.8 Å². The molecule has 1 aromatic carbocycles. The third-order valence-electron chi connectivity index (χ3n) is 4.15. The van der Waals surface area contributed by atoms with E-state index in [0.717, 1.165) is 37.2 Å². The summed E-state index contributed by atoms with van der Waals surface area (Å²) in [6.45, 7) is 3.23. The number of carbonyl (C=O) groups is 2. The van der Waals surface area contributed by atoms with Crippen LogP contribution in [0.25, 0.3) is 0 Å². The SMILES string of the molecule is COc1ccc(C2(NC(C)=O)CCN(CC(N)=O)CC2)cc1. The number of hydrogen-bond acceptors (Lipinski definition) is 4. The van der Waals surface area contributed by atoms with Crippen LogP contribution in [0.4, 0.5) is 0 Å². The number of nitrogens with two attached hydrogens (primary N) is 1. The number of methoxy groups -OCH3 is 1. The molecule has 2 rings (SSSR count). The number of primary amides is 1. The van der Waals surface area contributed by atoms with Gasteiger partial charge in [-0.1, -0.05) is 12.1 Å². The number of likely N-dealkylation sites (tertiary alicyclic amines) is 1. The molecule has 1 fully saturated rings. The molecule has 0 saturated carbocycles. The lowest BCUT2D eigenvalue weighted by Crippen LogP contribution is -2.53. The van der Waals surface area contributed by atoms with Gasteiger partial charge in [0.25, 0.3) is 0 Å². The fraction of sp³-hybridized carbons (Fsp3) is 0.500. The van der Waals surface area contributed by atoms with E-state index >= 15 is 0 Å². The first-order chi connectivity index (χ1) is 10.4. The van der Waals surface area contributed by atoms with E-state index in [2.05, 4.69) is 5.32 Å². The van der Waals surface area contributed by atoms with Gasteiger partial charge >= 0.3 is 0 Å². The van der Waals surface area contributed by atoms with Gasteiger partial charge in [-0.3, -0.25) is 14.5 Å². The second-order valence-electron chi connectivity index (χ2n) is 5.73. The molecule has 1 saturated heterocycles. The molecule has 0 bridgehead atoms. The third kappa shape index (κ3) is 3.76. The summed E-state index contributed by atoms with van der Waals surface area (Å²) in [6.07, 6.45) is 1.48. The van der Waals surface area contributed by atoms with Crippen molar-refractivity contribution in [2.45, 2.75) is 25.3 Å². The molecule has 2 amide bonds. The molecule has 0 aromatic heterocycles. The lowest BCUT2D eigenvalue weighted by atomic mass is 9.80. The minimum Gasteiger partial charge on any atom is -0.497 e. The fourth-order valence-electron chi connectivity index (χ4n) is 3.05. The van der Waals surface area contributed by atoms with Crippen LogP contribution >= 0.6 is 0 Å². The number of piperidine rings is 1. The minimum absolute atomic E-state index is 0.0563. The fourth-order valence-corrected chi connectivity index (χ4v) is 3.05. The Labute approximate surface area is 130 Å². The van der Waals surface area contributed by atoms with E-state index in [0.29, 0.717) is 0 Å². The number of carbonyl (C=O) groups excluding carboxylic acids is 2. The lowest BCUT2D eigenvalue weighted by Gasteiger charge is -2.42. The van der Waals surface area contributed by atoms with Crippen molar-refractivity contribution in [3.05, 3.63) is 29.8 Å². The van der Waals surface area contributed by atoms with Gasteiger partial charge in [-0.05, 0) is 30.5 Å². The van der Waals surface area contributed by atoms with Gasteiger partial charge in [0.1, 0.15) is 5.75 Å². The molecule has 0 atom stereocenters. The molecule has 1 aromatic rings. The first-order valence-electron chi connectivity index (χ1n) is 7.39. The number of hydrogen-bond donors (Lipinski definition) is 2. The minimum atomic E-state index is -0.397. The standard InChI is InChI=1S/C16H23N3O3/c1-12(20)18-16(13-3-5-14(22-2)6-4-13)7-9-19(10-8-16)11-15(17)21/h3-6H,7-11H2,1-2H3,(H2,17,21)(H,18,20). The summed E-state index contributed by atoms with van der Waals surface area (Å²) in [5.41, 5.74) is 5.91. The van der Waals surface area contributed by atoms with Crippen molar-refractivity contribution in [1.29, 1.82) is 0 Å². The summed E-state index contributed by atoms with van der Waals surface area (Å²) in [6, 6.07) is 7.76. The van der Waals surface area contributed by atoms with Crippen LogP contribution < -0.4 is 15.8 Å². The zero-order valence-corrected chi connectivity index (χ0v) is 13.1. The average molecular weight is 305 g/mol. The van der Waals surface area contributed by atoms with E-state index in [1.54, 1.807) is 7.11 Å². The summed E-state index contributed by atoms with van der Waals surface area (Å²) in [5, 5.41) is 3.10. The van der Waals surface area contributed by atoms with E-state index in [4.69, 9.17) is 10.5 Å². The molecule has 3 N–H and O–H groups in total. The van der Waals surface area contributed by atoms with Crippen molar-refractivity contribution in [2.75, 3.05) is 26.7 Å². The predicted molar refractivity (Wildman–Crippen MR) is 83.4 cm³/mol. The summed E-state index contributed by atoms with van der Waals surface area (Å²) in [5.74, 6) is 0.406. The van der Waals surface area contributed by atoms with E-state index in [1.165, 1.54) is 6.92 Å². The molecule has 0 radical (unpaired) electrons. The molecular formula is C16H23N3O3. The van der Waals surface area contributed by atoms with Crippen LogP contribution in [0.3, 0.4) is 0 Å². The Balaban J connectivity index is 2.18. The number of nitrogens with one attached hydrogen (secondary N) is 1. The van der Waals surface area contributed by atoms with Gasteiger partial charge in [0.05, 0.1) is 19.2 Å². The van der Waals surface area contributed by atoms with Crippen LogP contribution in [0.2, 0.25) is 0 Å². The molecule has 1 heterocycles. The zero-order valence-electron chi connectivity index (χ0n) is 13.1. The van der Waals surface area contributed by atoms with Crippen molar-refractivity contribution < 1.29 is 14.3 Å². The number of ether oxygens (including phenoxy) is 1. The number of nitrogens with zero attached hydrogens (tertiary/aromatic N) is 1. The first-order valence-corrected chi connectivity index (χ1v) is 7.39. The summed E-state index contributed by atoms with van der Waals surface area (Å²) < 4.78 is 5.18. The summed E-state index contributed by atoms with van der Waals surface area (Å²) in [4.78, 5) is 24.7. The van der Waals surface area contributed by atoms with Crippen LogP contribution in [-0.2, 0) is 15.1 Å². The van der Waals surface area contributed by atoms with Gasteiger partial charge in [-0.25, -0.2) is 0 Å². The van der Waals surface area contributed by atoms with Crippen molar-refractivity contribution in [1.82, 2.24) is 10.2 Å². The Bertz CT molecular complexity index is 534. The highest BCUT2D eigenvalue weighted by molar-refractivity contribution is 5.76. The molecule has 0 unspecified atom stereocenters. The van der Waals surface area contributed by atoms with Gasteiger partial charge in [-0.15, -0.1) is 0 Å². The predicted octanol–water partition coefficient (Wildman–Crippen LogP) is 0.608. The van der Waals surface area contributed by atoms with Crippen LogP contribution in [0.15, 0.2) is 24.3 Å². The quantitative estimate of drug-likeness (QED) is 0.834. The monoisotopic (exact) mass is 305 g/mol. The molecule has 1 aliphatic rings. The maximum Gasteiger partial charge on any atom is 0.231 e. The van der Waals surface area contributed by atoms with Crippen LogP contribution in [0.1, 0.15) is 25.3 Å². The van der Waals surface area contributed by atoms with Crippen molar-refractivity contribution in [2.24, 2.45) is 5.73 Å². The summed E-state index contributed by atoms with van der Waals surface area (Å²) >= 11 is 0. The first kappa shape index (κ1) is 16.3. The van der Waals surface area contributed by atoms with Gasteiger partial charge in [-0.2, -0.15) is 0 Å². The molecule has 1 aliphatic heterocycles. The molecule has 0 aliphatic carbocycles. The van der Waals surface area contributed by atoms with E-state index < -0.39 is 5.54 Å². The van der Waals surface area contributed by atoms with E-state index in [-0.39, 0.29) is 18.4 Å². The molecular weight excluding hydrogens is 282 g/mol. The Kier molecular flexibility index (Phi) is 5.03. The van der Waals surface area contributed by atoms with Gasteiger partial charge in [0.15, 0.2) is 0 Å².